The Hall–Kier alpha value is -2.14. The molecule has 0 atom stereocenters. The molecule has 0 aliphatic heterocycles. The van der Waals surface area contributed by atoms with Crippen molar-refractivity contribution < 1.29 is 9.13 Å². The van der Waals surface area contributed by atoms with Crippen molar-refractivity contribution in [3.63, 3.8) is 0 Å². The van der Waals surface area contributed by atoms with Crippen LogP contribution in [0.15, 0.2) is 30.3 Å². The number of halogens is 2. The van der Waals surface area contributed by atoms with Crippen LogP contribution in [0.25, 0.3) is 22.6 Å². The molecule has 3 rings (SSSR count). The molecule has 0 aliphatic carbocycles. The van der Waals surface area contributed by atoms with Crippen LogP contribution < -0.4 is 4.74 Å². The molecule has 0 saturated carbocycles. The van der Waals surface area contributed by atoms with Crippen molar-refractivity contribution in [1.29, 1.82) is 0 Å². The van der Waals surface area contributed by atoms with Gasteiger partial charge in [-0.15, -0.1) is 0 Å². The first kappa shape index (κ1) is 11.9. The Labute approximate surface area is 113 Å². The third-order valence-corrected chi connectivity index (χ3v) is 3.03. The van der Waals surface area contributed by atoms with E-state index in [-0.39, 0.29) is 5.02 Å². The molecule has 3 aromatic rings. The first-order valence-electron chi connectivity index (χ1n) is 5.53. The summed E-state index contributed by atoms with van der Waals surface area (Å²) >= 11 is 5.65. The summed E-state index contributed by atoms with van der Waals surface area (Å²) < 4.78 is 18.5. The largest absolute Gasteiger partial charge is 0.481 e. The molecule has 0 bridgehead atoms. The normalized spacial score (nSPS) is 10.9. The van der Waals surface area contributed by atoms with Gasteiger partial charge < -0.3 is 9.72 Å². The van der Waals surface area contributed by atoms with Crippen LogP contribution in [0, 0.1) is 5.82 Å². The number of aromatic amines is 1. The Morgan fingerprint density at radius 1 is 1.21 bits per heavy atom. The van der Waals surface area contributed by atoms with E-state index in [4.69, 9.17) is 16.3 Å². The summed E-state index contributed by atoms with van der Waals surface area (Å²) in [6.07, 6.45) is 0. The lowest BCUT2D eigenvalue weighted by molar-refractivity contribution is 0.399. The fraction of sp³-hybridized carbons (Fsp3) is 0.0769. The van der Waals surface area contributed by atoms with Crippen molar-refractivity contribution in [2.45, 2.75) is 0 Å². The number of H-pyrrole nitrogens is 1. The van der Waals surface area contributed by atoms with Crippen molar-refractivity contribution >= 4 is 22.8 Å². The minimum absolute atomic E-state index is 0.0830. The molecule has 0 amide bonds. The third kappa shape index (κ3) is 2.13. The highest BCUT2D eigenvalue weighted by Crippen LogP contribution is 2.24. The van der Waals surface area contributed by atoms with Gasteiger partial charge in [0.2, 0.25) is 5.88 Å². The highest BCUT2D eigenvalue weighted by Gasteiger charge is 2.09. The Kier molecular flexibility index (Phi) is 2.83. The molecule has 2 heterocycles. The van der Waals surface area contributed by atoms with Gasteiger partial charge in [0.1, 0.15) is 11.6 Å². The second-order valence-corrected chi connectivity index (χ2v) is 4.35. The standard InChI is InChI=1S/C13H9ClFN3O/c1-19-11-5-4-10-13(17-11)18-12(16-10)7-2-3-8(14)9(15)6-7/h2-6H,1H3,(H,16,17,18). The smallest absolute Gasteiger partial charge is 0.215 e. The molecule has 0 fully saturated rings. The van der Waals surface area contributed by atoms with Crippen LogP contribution in [-0.2, 0) is 0 Å². The Morgan fingerprint density at radius 2 is 2.05 bits per heavy atom. The number of imidazole rings is 1. The van der Waals surface area contributed by atoms with Crippen LogP contribution in [-0.4, -0.2) is 22.1 Å². The van der Waals surface area contributed by atoms with Gasteiger partial charge in [-0.3, -0.25) is 0 Å². The average Bonchev–Trinajstić information content (AvgIpc) is 2.84. The SMILES string of the molecule is COc1ccc2[nH]c(-c3ccc(Cl)c(F)c3)nc2n1. The predicted octanol–water partition coefficient (Wildman–Crippen LogP) is 3.43. The van der Waals surface area contributed by atoms with Crippen molar-refractivity contribution in [3.8, 4) is 17.3 Å². The molecular formula is C13H9ClFN3O. The molecule has 2 aromatic heterocycles. The number of nitrogens with one attached hydrogen (secondary N) is 1. The molecule has 6 heteroatoms. The van der Waals surface area contributed by atoms with Crippen molar-refractivity contribution in [1.82, 2.24) is 15.0 Å². The first-order chi connectivity index (χ1) is 9.17. The molecular weight excluding hydrogens is 269 g/mol. The summed E-state index contributed by atoms with van der Waals surface area (Å²) in [5.41, 5.74) is 1.88. The van der Waals surface area contributed by atoms with Gasteiger partial charge in [-0.05, 0) is 24.3 Å². The number of ether oxygens (including phenoxy) is 1. The Bertz CT molecular complexity index is 757. The number of rotatable bonds is 2. The van der Waals surface area contributed by atoms with Crippen LogP contribution in [0.1, 0.15) is 0 Å². The van der Waals surface area contributed by atoms with E-state index in [0.717, 1.165) is 5.52 Å². The summed E-state index contributed by atoms with van der Waals surface area (Å²) in [5.74, 6) is 0.532. The Balaban J connectivity index is 2.11. The lowest BCUT2D eigenvalue weighted by atomic mass is 10.2. The number of fused-ring (bicyclic) bond motifs is 1. The van der Waals surface area contributed by atoms with Gasteiger partial charge in [0.15, 0.2) is 5.65 Å². The molecule has 96 valence electrons. The van der Waals surface area contributed by atoms with Crippen LogP contribution in [0.3, 0.4) is 0 Å². The highest BCUT2D eigenvalue weighted by atomic mass is 35.5. The van der Waals surface area contributed by atoms with Crippen molar-refractivity contribution in [2.24, 2.45) is 0 Å². The molecule has 0 radical (unpaired) electrons. The van der Waals surface area contributed by atoms with Crippen molar-refractivity contribution in [2.75, 3.05) is 7.11 Å². The zero-order chi connectivity index (χ0) is 13.4. The summed E-state index contributed by atoms with van der Waals surface area (Å²) in [6, 6.07) is 8.06. The molecule has 1 N–H and O–H groups in total. The van der Waals surface area contributed by atoms with E-state index in [1.54, 1.807) is 12.1 Å². The summed E-state index contributed by atoms with van der Waals surface area (Å²) in [5, 5.41) is 0.0830. The van der Waals surface area contributed by atoms with E-state index >= 15 is 0 Å². The molecule has 0 saturated heterocycles. The van der Waals surface area contributed by atoms with Crippen LogP contribution in [0.2, 0.25) is 5.02 Å². The fourth-order valence-electron chi connectivity index (χ4n) is 1.77. The number of nitrogens with zero attached hydrogens (tertiary/aromatic N) is 2. The minimum atomic E-state index is -0.481. The van der Waals surface area contributed by atoms with Gasteiger partial charge >= 0.3 is 0 Å². The van der Waals surface area contributed by atoms with Crippen molar-refractivity contribution in [3.05, 3.63) is 41.2 Å². The third-order valence-electron chi connectivity index (χ3n) is 2.72. The molecule has 19 heavy (non-hydrogen) atoms. The van der Waals surface area contributed by atoms with Gasteiger partial charge in [0.05, 0.1) is 17.6 Å². The molecule has 0 aliphatic rings. The van der Waals surface area contributed by atoms with E-state index < -0.39 is 5.82 Å². The van der Waals surface area contributed by atoms with Gasteiger partial charge in [0, 0.05) is 11.6 Å². The number of hydrogen-bond acceptors (Lipinski definition) is 3. The minimum Gasteiger partial charge on any atom is -0.481 e. The maximum absolute atomic E-state index is 13.4. The summed E-state index contributed by atoms with van der Waals surface area (Å²) in [6.45, 7) is 0. The van der Waals surface area contributed by atoms with E-state index in [1.165, 1.54) is 19.2 Å². The summed E-state index contributed by atoms with van der Waals surface area (Å²) in [7, 11) is 1.54. The lowest BCUT2D eigenvalue weighted by Gasteiger charge is -1.97. The van der Waals surface area contributed by atoms with Crippen LogP contribution in [0.5, 0.6) is 5.88 Å². The number of pyridine rings is 1. The maximum Gasteiger partial charge on any atom is 0.215 e. The number of aromatic nitrogens is 3. The fourth-order valence-corrected chi connectivity index (χ4v) is 1.89. The predicted molar refractivity (Wildman–Crippen MR) is 70.8 cm³/mol. The number of hydrogen-bond donors (Lipinski definition) is 1. The highest BCUT2D eigenvalue weighted by molar-refractivity contribution is 6.30. The summed E-state index contributed by atoms with van der Waals surface area (Å²) in [4.78, 5) is 11.6. The number of benzene rings is 1. The van der Waals surface area contributed by atoms with Gasteiger partial charge in [-0.1, -0.05) is 11.6 Å². The zero-order valence-corrected chi connectivity index (χ0v) is 10.7. The quantitative estimate of drug-likeness (QED) is 0.781. The Morgan fingerprint density at radius 3 is 2.79 bits per heavy atom. The molecule has 0 spiro atoms. The van der Waals surface area contributed by atoms with Gasteiger partial charge in [-0.25, -0.2) is 9.37 Å². The van der Waals surface area contributed by atoms with E-state index in [1.807, 2.05) is 6.07 Å². The number of methoxy groups -OCH3 is 1. The van der Waals surface area contributed by atoms with E-state index in [2.05, 4.69) is 15.0 Å². The van der Waals surface area contributed by atoms with Crippen LogP contribution in [0.4, 0.5) is 4.39 Å². The molecule has 4 nitrogen and oxygen atoms in total. The molecule has 0 unspecified atom stereocenters. The second kappa shape index (κ2) is 4.51. The van der Waals surface area contributed by atoms with Gasteiger partial charge in [0.25, 0.3) is 0 Å². The lowest BCUT2D eigenvalue weighted by Crippen LogP contribution is -1.86. The second-order valence-electron chi connectivity index (χ2n) is 3.94. The monoisotopic (exact) mass is 277 g/mol. The first-order valence-corrected chi connectivity index (χ1v) is 5.91. The van der Waals surface area contributed by atoms with Gasteiger partial charge in [-0.2, -0.15) is 4.98 Å². The van der Waals surface area contributed by atoms with Crippen LogP contribution >= 0.6 is 11.6 Å². The molecule has 1 aromatic carbocycles. The maximum atomic E-state index is 13.4. The van der Waals surface area contributed by atoms with E-state index in [0.29, 0.717) is 22.9 Å². The average molecular weight is 278 g/mol. The topological polar surface area (TPSA) is 50.8 Å². The van der Waals surface area contributed by atoms with E-state index in [9.17, 15) is 4.39 Å². The zero-order valence-electron chi connectivity index (χ0n) is 9.95.